The van der Waals surface area contributed by atoms with E-state index in [1.54, 1.807) is 31.2 Å². The van der Waals surface area contributed by atoms with E-state index in [9.17, 15) is 17.6 Å². The van der Waals surface area contributed by atoms with Gasteiger partial charge in [0.1, 0.15) is 6.61 Å². The number of carbonyl (C=O) groups excluding carboxylic acids is 1. The summed E-state index contributed by atoms with van der Waals surface area (Å²) in [5, 5.41) is 0. The van der Waals surface area contributed by atoms with Crippen LogP contribution in [-0.4, -0.2) is 39.9 Å². The van der Waals surface area contributed by atoms with E-state index < -0.39 is 27.9 Å². The van der Waals surface area contributed by atoms with Gasteiger partial charge in [-0.15, -0.1) is 0 Å². The molecule has 2 aromatic carbocycles. The van der Waals surface area contributed by atoms with E-state index in [-0.39, 0.29) is 30.2 Å². The Kier molecular flexibility index (Phi) is 5.73. The van der Waals surface area contributed by atoms with Gasteiger partial charge in [0.2, 0.25) is 16.1 Å². The number of benzene rings is 2. The Bertz CT molecular complexity index is 978. The summed E-state index contributed by atoms with van der Waals surface area (Å²) in [4.78, 5) is 13.1. The summed E-state index contributed by atoms with van der Waals surface area (Å²) in [7, 11) is -2.76. The molecular weight excluding hydrogens is 389 g/mol. The lowest BCUT2D eigenvalue weighted by Crippen LogP contribution is -2.49. The lowest BCUT2D eigenvalue weighted by molar-refractivity contribution is -0.126. The van der Waals surface area contributed by atoms with Crippen molar-refractivity contribution in [1.29, 1.82) is 0 Å². The number of nitrogens with zero attached hydrogens (tertiary/aromatic N) is 1. The van der Waals surface area contributed by atoms with Crippen molar-refractivity contribution in [2.75, 3.05) is 23.8 Å². The largest absolute Gasteiger partial charge is 0.494 e. The summed E-state index contributed by atoms with van der Waals surface area (Å²) >= 11 is 0. The molecule has 0 radical (unpaired) electrons. The van der Waals surface area contributed by atoms with Crippen LogP contribution in [0, 0.1) is 5.82 Å². The third-order valence-corrected chi connectivity index (χ3v) is 5.97. The lowest BCUT2D eigenvalue weighted by Gasteiger charge is -2.30. The minimum Gasteiger partial charge on any atom is -0.494 e. The molecule has 1 atom stereocenters. The zero-order chi connectivity index (χ0) is 20.3. The highest BCUT2D eigenvalue weighted by molar-refractivity contribution is 7.93. The van der Waals surface area contributed by atoms with Crippen molar-refractivity contribution in [2.45, 2.75) is 19.4 Å². The fourth-order valence-electron chi connectivity index (χ4n) is 2.83. The molecule has 1 heterocycles. The van der Waals surface area contributed by atoms with Gasteiger partial charge in [-0.1, -0.05) is 19.1 Å². The molecule has 3 rings (SSSR count). The highest BCUT2D eigenvalue weighted by atomic mass is 32.2. The first-order valence-electron chi connectivity index (χ1n) is 8.66. The highest BCUT2D eigenvalue weighted by Crippen LogP contribution is 2.33. The Morgan fingerprint density at radius 2 is 1.96 bits per heavy atom. The third kappa shape index (κ3) is 3.89. The number of ether oxygens (including phenoxy) is 3. The van der Waals surface area contributed by atoms with E-state index in [0.29, 0.717) is 15.8 Å². The van der Waals surface area contributed by atoms with Crippen LogP contribution in [0.2, 0.25) is 0 Å². The molecule has 0 bridgehead atoms. The van der Waals surface area contributed by atoms with Crippen LogP contribution in [0.5, 0.6) is 17.2 Å². The number of amides is 1. The van der Waals surface area contributed by atoms with Crippen molar-refractivity contribution in [3.8, 4) is 17.2 Å². The van der Waals surface area contributed by atoms with Gasteiger partial charge in [-0.3, -0.25) is 4.79 Å². The molecule has 28 heavy (non-hydrogen) atoms. The Labute approximate surface area is 162 Å². The fraction of sp³-hybridized carbons (Fsp3) is 0.316. The number of rotatable bonds is 6. The van der Waals surface area contributed by atoms with Gasteiger partial charge in [-0.05, 0) is 30.7 Å². The lowest BCUT2D eigenvalue weighted by atomic mass is 10.2. The predicted molar refractivity (Wildman–Crippen MR) is 101 cm³/mol. The van der Waals surface area contributed by atoms with Gasteiger partial charge < -0.3 is 14.2 Å². The molecule has 7 nitrogen and oxygen atoms in total. The Balaban J connectivity index is 1.98. The Morgan fingerprint density at radius 1 is 1.25 bits per heavy atom. The molecule has 1 aliphatic rings. The summed E-state index contributed by atoms with van der Waals surface area (Å²) in [6.45, 7) is 1.51. The molecule has 0 saturated heterocycles. The molecule has 1 amide bonds. The molecule has 0 spiro atoms. The van der Waals surface area contributed by atoms with E-state index in [0.717, 1.165) is 6.07 Å². The minimum atomic E-state index is -4.05. The standard InChI is InChI=1S/C19H20FNO6S/c1-3-10-28(23,24)21(13-8-9-15(25-2)14(20)11-13)19(22)18-12-26-16-6-4-5-7-17(16)27-18/h4-9,11,18H,3,10,12H2,1-2H3. The van der Waals surface area contributed by atoms with Crippen LogP contribution in [-0.2, 0) is 14.8 Å². The van der Waals surface area contributed by atoms with Crippen molar-refractivity contribution in [3.63, 3.8) is 0 Å². The van der Waals surface area contributed by atoms with Crippen molar-refractivity contribution >= 4 is 21.6 Å². The van der Waals surface area contributed by atoms with Crippen LogP contribution >= 0.6 is 0 Å². The molecule has 0 aliphatic carbocycles. The van der Waals surface area contributed by atoms with Crippen LogP contribution in [0.25, 0.3) is 0 Å². The normalized spacial score (nSPS) is 15.8. The van der Waals surface area contributed by atoms with Crippen molar-refractivity contribution < 1.29 is 31.8 Å². The predicted octanol–water partition coefficient (Wildman–Crippen LogP) is 2.75. The zero-order valence-corrected chi connectivity index (χ0v) is 16.2. The van der Waals surface area contributed by atoms with Gasteiger partial charge in [-0.2, -0.15) is 0 Å². The second-order valence-electron chi connectivity index (χ2n) is 6.10. The summed E-state index contributed by atoms with van der Waals surface area (Å²) < 4.78 is 56.3. The van der Waals surface area contributed by atoms with E-state index >= 15 is 0 Å². The first kappa shape index (κ1) is 19.9. The molecule has 0 saturated carbocycles. The quantitative estimate of drug-likeness (QED) is 0.730. The van der Waals surface area contributed by atoms with Gasteiger partial charge in [-0.25, -0.2) is 17.1 Å². The molecule has 0 N–H and O–H groups in total. The molecular formula is C19H20FNO6S. The number of carbonyl (C=O) groups is 1. The Morgan fingerprint density at radius 3 is 2.61 bits per heavy atom. The maximum Gasteiger partial charge on any atom is 0.285 e. The van der Waals surface area contributed by atoms with Crippen LogP contribution in [0.15, 0.2) is 42.5 Å². The number of para-hydroxylation sites is 2. The molecule has 0 aromatic heterocycles. The topological polar surface area (TPSA) is 82.1 Å². The number of sulfonamides is 1. The van der Waals surface area contributed by atoms with Gasteiger partial charge in [0.25, 0.3) is 5.91 Å². The number of fused-ring (bicyclic) bond motifs is 1. The van der Waals surface area contributed by atoms with Crippen LogP contribution in [0.1, 0.15) is 13.3 Å². The Hall–Kier alpha value is -2.81. The van der Waals surface area contributed by atoms with Gasteiger partial charge in [0.15, 0.2) is 23.1 Å². The highest BCUT2D eigenvalue weighted by Gasteiger charge is 2.38. The van der Waals surface area contributed by atoms with E-state index in [1.165, 1.54) is 19.2 Å². The summed E-state index contributed by atoms with van der Waals surface area (Å²) in [6, 6.07) is 10.3. The minimum absolute atomic E-state index is 0.0600. The van der Waals surface area contributed by atoms with Crippen LogP contribution in [0.3, 0.4) is 0 Å². The molecule has 150 valence electrons. The average Bonchev–Trinajstić information content (AvgIpc) is 2.67. The maximum atomic E-state index is 14.2. The third-order valence-electron chi connectivity index (χ3n) is 4.09. The summed E-state index contributed by atoms with van der Waals surface area (Å²) in [6.07, 6.45) is -0.901. The van der Waals surface area contributed by atoms with Gasteiger partial charge >= 0.3 is 0 Å². The second-order valence-corrected chi connectivity index (χ2v) is 8.04. The van der Waals surface area contributed by atoms with Crippen molar-refractivity contribution in [2.24, 2.45) is 0 Å². The van der Waals surface area contributed by atoms with E-state index in [2.05, 4.69) is 0 Å². The first-order valence-corrected chi connectivity index (χ1v) is 10.3. The van der Waals surface area contributed by atoms with E-state index in [4.69, 9.17) is 14.2 Å². The average molecular weight is 409 g/mol. The number of methoxy groups -OCH3 is 1. The number of hydrogen-bond acceptors (Lipinski definition) is 6. The molecule has 1 aliphatic heterocycles. The maximum absolute atomic E-state index is 14.2. The monoisotopic (exact) mass is 409 g/mol. The fourth-order valence-corrected chi connectivity index (χ4v) is 4.35. The molecule has 1 unspecified atom stereocenters. The SMILES string of the molecule is CCCS(=O)(=O)N(C(=O)C1COc2ccccc2O1)c1ccc(OC)c(F)c1. The molecule has 0 fully saturated rings. The van der Waals surface area contributed by atoms with Crippen molar-refractivity contribution in [3.05, 3.63) is 48.3 Å². The zero-order valence-electron chi connectivity index (χ0n) is 15.4. The number of halogens is 1. The smallest absolute Gasteiger partial charge is 0.285 e. The summed E-state index contributed by atoms with van der Waals surface area (Å²) in [5.74, 6) is -1.18. The van der Waals surface area contributed by atoms with Crippen LogP contribution < -0.4 is 18.5 Å². The van der Waals surface area contributed by atoms with Gasteiger partial charge in [0.05, 0.1) is 18.6 Å². The van der Waals surface area contributed by atoms with Gasteiger partial charge in [0, 0.05) is 6.07 Å². The molecule has 2 aromatic rings. The first-order chi connectivity index (χ1) is 13.4. The van der Waals surface area contributed by atoms with E-state index in [1.807, 2.05) is 0 Å². The second kappa shape index (κ2) is 8.05. The summed E-state index contributed by atoms with van der Waals surface area (Å²) in [5.41, 5.74) is -0.126. The number of hydrogen-bond donors (Lipinski definition) is 0. The number of anilines is 1. The van der Waals surface area contributed by atoms with Crippen LogP contribution in [0.4, 0.5) is 10.1 Å². The molecule has 9 heteroatoms. The van der Waals surface area contributed by atoms with Crippen molar-refractivity contribution in [1.82, 2.24) is 0 Å².